The summed E-state index contributed by atoms with van der Waals surface area (Å²) >= 11 is 0. The summed E-state index contributed by atoms with van der Waals surface area (Å²) in [5, 5.41) is 0. The van der Waals surface area contributed by atoms with Crippen molar-refractivity contribution in [1.29, 1.82) is 0 Å². The summed E-state index contributed by atoms with van der Waals surface area (Å²) in [7, 11) is 1.98. The molecule has 0 amide bonds. The van der Waals surface area contributed by atoms with Gasteiger partial charge in [0.15, 0.2) is 0 Å². The van der Waals surface area contributed by atoms with Crippen LogP contribution in [-0.2, 0) is 6.54 Å². The average molecular weight is 210 g/mol. The molecule has 0 saturated carbocycles. The highest BCUT2D eigenvalue weighted by Crippen LogP contribution is 2.09. The largest absolute Gasteiger partial charge is 0.330 e. The number of rotatable bonds is 5. The van der Waals surface area contributed by atoms with Crippen LogP contribution in [0.2, 0.25) is 0 Å². The fourth-order valence-electron chi connectivity index (χ4n) is 1.59. The second kappa shape index (κ2) is 5.83. The first-order chi connectivity index (χ1) is 7.13. The fraction of sp³-hybridized carbons (Fsp3) is 0.500. The molecule has 2 nitrogen and oxygen atoms in total. The van der Waals surface area contributed by atoms with Crippen LogP contribution in [0.15, 0.2) is 24.3 Å². The second-order valence-corrected chi connectivity index (χ2v) is 4.13. The Bertz CT molecular complexity index is 301. The lowest BCUT2D eigenvalue weighted by molar-refractivity contribution is 0.278. The van der Waals surface area contributed by atoms with E-state index in [1.165, 1.54) is 6.07 Å². The molecule has 1 unspecified atom stereocenters. The van der Waals surface area contributed by atoms with Crippen molar-refractivity contribution in [2.24, 2.45) is 11.7 Å². The first-order valence-corrected chi connectivity index (χ1v) is 5.25. The van der Waals surface area contributed by atoms with Crippen molar-refractivity contribution in [3.8, 4) is 0 Å². The van der Waals surface area contributed by atoms with Gasteiger partial charge in [0.2, 0.25) is 0 Å². The van der Waals surface area contributed by atoms with Crippen molar-refractivity contribution in [3.63, 3.8) is 0 Å². The molecule has 0 aliphatic carbocycles. The van der Waals surface area contributed by atoms with Crippen LogP contribution in [0.4, 0.5) is 4.39 Å². The van der Waals surface area contributed by atoms with E-state index in [1.807, 2.05) is 19.2 Å². The van der Waals surface area contributed by atoms with E-state index < -0.39 is 0 Å². The van der Waals surface area contributed by atoms with E-state index in [-0.39, 0.29) is 5.82 Å². The van der Waals surface area contributed by atoms with E-state index in [4.69, 9.17) is 5.73 Å². The summed E-state index contributed by atoms with van der Waals surface area (Å²) < 4.78 is 13.3. The molecule has 0 aromatic heterocycles. The maximum absolute atomic E-state index is 13.3. The van der Waals surface area contributed by atoms with Crippen LogP contribution in [0.3, 0.4) is 0 Å². The average Bonchev–Trinajstić information content (AvgIpc) is 2.21. The van der Waals surface area contributed by atoms with E-state index in [9.17, 15) is 4.39 Å². The molecule has 1 rings (SSSR count). The van der Waals surface area contributed by atoms with Gasteiger partial charge in [0.1, 0.15) is 5.82 Å². The van der Waals surface area contributed by atoms with Crippen molar-refractivity contribution < 1.29 is 4.39 Å². The SMILES string of the molecule is CC(CN)CN(C)Cc1ccccc1F. The molecule has 0 fully saturated rings. The highest BCUT2D eigenvalue weighted by molar-refractivity contribution is 5.16. The molecule has 3 heteroatoms. The minimum Gasteiger partial charge on any atom is -0.330 e. The van der Waals surface area contributed by atoms with Gasteiger partial charge in [-0.1, -0.05) is 25.1 Å². The lowest BCUT2D eigenvalue weighted by Crippen LogP contribution is -2.28. The Kier molecular flexibility index (Phi) is 4.72. The van der Waals surface area contributed by atoms with E-state index >= 15 is 0 Å². The number of nitrogens with two attached hydrogens (primary N) is 1. The molecular weight excluding hydrogens is 191 g/mol. The summed E-state index contributed by atoms with van der Waals surface area (Å²) in [5.74, 6) is 0.312. The van der Waals surface area contributed by atoms with Crippen LogP contribution in [0.5, 0.6) is 0 Å². The van der Waals surface area contributed by atoms with Crippen LogP contribution in [0.1, 0.15) is 12.5 Å². The van der Waals surface area contributed by atoms with E-state index in [2.05, 4.69) is 11.8 Å². The van der Waals surface area contributed by atoms with Gasteiger partial charge in [-0.15, -0.1) is 0 Å². The van der Waals surface area contributed by atoms with Gasteiger partial charge in [0, 0.05) is 18.7 Å². The Hall–Kier alpha value is -0.930. The molecule has 0 spiro atoms. The van der Waals surface area contributed by atoms with Crippen LogP contribution in [0, 0.1) is 11.7 Å². The number of halogens is 1. The fourth-order valence-corrected chi connectivity index (χ4v) is 1.59. The Morgan fingerprint density at radius 2 is 2.07 bits per heavy atom. The van der Waals surface area contributed by atoms with Crippen LogP contribution >= 0.6 is 0 Å². The van der Waals surface area contributed by atoms with Gasteiger partial charge in [0.25, 0.3) is 0 Å². The normalized spacial score (nSPS) is 13.1. The standard InChI is InChI=1S/C12H19FN2/c1-10(7-14)8-15(2)9-11-5-3-4-6-12(11)13/h3-6,10H,7-9,14H2,1-2H3. The molecule has 0 aliphatic rings. The monoisotopic (exact) mass is 210 g/mol. The molecule has 0 heterocycles. The van der Waals surface area contributed by atoms with Crippen molar-refractivity contribution in [3.05, 3.63) is 35.6 Å². The third-order valence-corrected chi connectivity index (χ3v) is 2.42. The molecule has 15 heavy (non-hydrogen) atoms. The Morgan fingerprint density at radius 1 is 1.40 bits per heavy atom. The molecule has 2 N–H and O–H groups in total. The smallest absolute Gasteiger partial charge is 0.127 e. The second-order valence-electron chi connectivity index (χ2n) is 4.13. The minimum absolute atomic E-state index is 0.134. The molecule has 0 saturated heterocycles. The quantitative estimate of drug-likeness (QED) is 0.803. The van der Waals surface area contributed by atoms with Gasteiger partial charge < -0.3 is 10.6 Å². The molecule has 0 bridgehead atoms. The first kappa shape index (κ1) is 12.1. The Balaban J connectivity index is 2.51. The van der Waals surface area contributed by atoms with E-state index in [1.54, 1.807) is 6.07 Å². The molecule has 1 aromatic rings. The van der Waals surface area contributed by atoms with E-state index in [0.717, 1.165) is 12.1 Å². The summed E-state index contributed by atoms with van der Waals surface area (Å²) in [6, 6.07) is 6.88. The number of benzene rings is 1. The number of hydrogen-bond donors (Lipinski definition) is 1. The zero-order chi connectivity index (χ0) is 11.3. The Labute approximate surface area is 90.9 Å². The van der Waals surface area contributed by atoms with Crippen molar-refractivity contribution in [2.45, 2.75) is 13.5 Å². The topological polar surface area (TPSA) is 29.3 Å². The highest BCUT2D eigenvalue weighted by Gasteiger charge is 2.07. The first-order valence-electron chi connectivity index (χ1n) is 5.25. The molecule has 84 valence electrons. The summed E-state index contributed by atoms with van der Waals surface area (Å²) in [6.07, 6.45) is 0. The van der Waals surface area contributed by atoms with Gasteiger partial charge in [-0.3, -0.25) is 0 Å². The number of hydrogen-bond acceptors (Lipinski definition) is 2. The van der Waals surface area contributed by atoms with Gasteiger partial charge in [-0.25, -0.2) is 4.39 Å². The van der Waals surface area contributed by atoms with Gasteiger partial charge >= 0.3 is 0 Å². The number of nitrogens with zero attached hydrogens (tertiary/aromatic N) is 1. The minimum atomic E-state index is -0.134. The van der Waals surface area contributed by atoms with Crippen LogP contribution < -0.4 is 5.73 Å². The zero-order valence-electron chi connectivity index (χ0n) is 9.41. The maximum Gasteiger partial charge on any atom is 0.127 e. The van der Waals surface area contributed by atoms with Crippen molar-refractivity contribution in [1.82, 2.24) is 4.90 Å². The lowest BCUT2D eigenvalue weighted by atomic mass is 10.1. The van der Waals surface area contributed by atoms with Crippen molar-refractivity contribution in [2.75, 3.05) is 20.1 Å². The Morgan fingerprint density at radius 3 is 2.67 bits per heavy atom. The van der Waals surface area contributed by atoms with Gasteiger partial charge in [-0.2, -0.15) is 0 Å². The summed E-state index contributed by atoms with van der Waals surface area (Å²) in [6.45, 7) is 4.29. The van der Waals surface area contributed by atoms with E-state index in [0.29, 0.717) is 19.0 Å². The van der Waals surface area contributed by atoms with Gasteiger partial charge in [0.05, 0.1) is 0 Å². The predicted octanol–water partition coefficient (Wildman–Crippen LogP) is 1.85. The van der Waals surface area contributed by atoms with Crippen molar-refractivity contribution >= 4 is 0 Å². The zero-order valence-corrected chi connectivity index (χ0v) is 9.41. The summed E-state index contributed by atoms with van der Waals surface area (Å²) in [4.78, 5) is 2.09. The molecule has 0 aliphatic heterocycles. The molecular formula is C12H19FN2. The summed E-state index contributed by atoms with van der Waals surface area (Å²) in [5.41, 5.74) is 6.28. The van der Waals surface area contributed by atoms with Crippen LogP contribution in [-0.4, -0.2) is 25.0 Å². The third kappa shape index (κ3) is 3.98. The third-order valence-electron chi connectivity index (χ3n) is 2.42. The molecule has 1 atom stereocenters. The lowest BCUT2D eigenvalue weighted by Gasteiger charge is -2.20. The van der Waals surface area contributed by atoms with Crippen LogP contribution in [0.25, 0.3) is 0 Å². The maximum atomic E-state index is 13.3. The highest BCUT2D eigenvalue weighted by atomic mass is 19.1. The van der Waals surface area contributed by atoms with Gasteiger partial charge in [-0.05, 0) is 25.6 Å². The predicted molar refractivity (Wildman–Crippen MR) is 61.0 cm³/mol. The molecule has 1 aromatic carbocycles. The molecule has 0 radical (unpaired) electrons.